The SMILES string of the molecule is COC(=O)C(O)c1cc(C#N)c(C)cc1C. The number of hydrogen-bond donors (Lipinski definition) is 1. The van der Waals surface area contributed by atoms with Gasteiger partial charge in [-0.05, 0) is 36.6 Å². The number of carbonyl (C=O) groups is 1. The summed E-state index contributed by atoms with van der Waals surface area (Å²) in [5.74, 6) is -0.726. The first-order valence-electron chi connectivity index (χ1n) is 4.78. The van der Waals surface area contributed by atoms with E-state index in [0.29, 0.717) is 11.1 Å². The maximum atomic E-state index is 11.2. The van der Waals surface area contributed by atoms with Gasteiger partial charge in [0.2, 0.25) is 0 Å². The molecule has 1 atom stereocenters. The van der Waals surface area contributed by atoms with Crippen LogP contribution in [0.15, 0.2) is 12.1 Å². The zero-order chi connectivity index (χ0) is 12.3. The molecule has 0 heterocycles. The fourth-order valence-corrected chi connectivity index (χ4v) is 1.52. The fraction of sp³-hybridized carbons (Fsp3) is 0.333. The van der Waals surface area contributed by atoms with Crippen molar-refractivity contribution in [2.75, 3.05) is 7.11 Å². The summed E-state index contributed by atoms with van der Waals surface area (Å²) in [5.41, 5.74) is 2.44. The molecule has 0 aliphatic carbocycles. The second kappa shape index (κ2) is 4.77. The van der Waals surface area contributed by atoms with Crippen molar-refractivity contribution < 1.29 is 14.6 Å². The standard InChI is InChI=1S/C12H13NO3/c1-7-4-8(2)10(5-9(7)6-13)11(14)12(15)16-3/h4-5,11,14H,1-3H3. The summed E-state index contributed by atoms with van der Waals surface area (Å²) < 4.78 is 4.45. The van der Waals surface area contributed by atoms with Crippen LogP contribution in [0, 0.1) is 25.2 Å². The van der Waals surface area contributed by atoms with Crippen LogP contribution < -0.4 is 0 Å². The van der Waals surface area contributed by atoms with Gasteiger partial charge >= 0.3 is 5.97 Å². The van der Waals surface area contributed by atoms with E-state index in [9.17, 15) is 9.90 Å². The highest BCUT2D eigenvalue weighted by molar-refractivity contribution is 5.76. The third-order valence-electron chi connectivity index (χ3n) is 2.45. The number of rotatable bonds is 2. The van der Waals surface area contributed by atoms with E-state index >= 15 is 0 Å². The lowest BCUT2D eigenvalue weighted by Gasteiger charge is -2.13. The lowest BCUT2D eigenvalue weighted by atomic mass is 9.97. The monoisotopic (exact) mass is 219 g/mol. The Morgan fingerprint density at radius 1 is 1.44 bits per heavy atom. The van der Waals surface area contributed by atoms with E-state index < -0.39 is 12.1 Å². The molecule has 1 aromatic rings. The van der Waals surface area contributed by atoms with Gasteiger partial charge in [-0.2, -0.15) is 5.26 Å². The van der Waals surface area contributed by atoms with Crippen LogP contribution in [0.4, 0.5) is 0 Å². The van der Waals surface area contributed by atoms with Crippen molar-refractivity contribution in [3.8, 4) is 6.07 Å². The zero-order valence-corrected chi connectivity index (χ0v) is 9.44. The molecule has 0 aliphatic heterocycles. The molecule has 4 nitrogen and oxygen atoms in total. The molecular formula is C12H13NO3. The molecule has 1 aromatic carbocycles. The van der Waals surface area contributed by atoms with Crippen molar-refractivity contribution in [1.29, 1.82) is 5.26 Å². The van der Waals surface area contributed by atoms with Gasteiger partial charge in [0.1, 0.15) is 0 Å². The highest BCUT2D eigenvalue weighted by Crippen LogP contribution is 2.22. The minimum absolute atomic E-state index is 0.411. The van der Waals surface area contributed by atoms with E-state index in [1.165, 1.54) is 13.2 Å². The maximum absolute atomic E-state index is 11.2. The number of aryl methyl sites for hydroxylation is 2. The molecule has 0 radical (unpaired) electrons. The van der Waals surface area contributed by atoms with Gasteiger partial charge in [-0.1, -0.05) is 6.07 Å². The maximum Gasteiger partial charge on any atom is 0.339 e. The molecule has 0 bridgehead atoms. The second-order valence-corrected chi connectivity index (χ2v) is 3.56. The molecule has 84 valence electrons. The molecule has 0 spiro atoms. The third-order valence-corrected chi connectivity index (χ3v) is 2.45. The van der Waals surface area contributed by atoms with Gasteiger partial charge < -0.3 is 9.84 Å². The minimum Gasteiger partial charge on any atom is -0.467 e. The molecular weight excluding hydrogens is 206 g/mol. The van der Waals surface area contributed by atoms with Gasteiger partial charge in [0.25, 0.3) is 0 Å². The van der Waals surface area contributed by atoms with E-state index in [1.54, 1.807) is 19.9 Å². The number of aliphatic hydroxyl groups excluding tert-OH is 1. The first-order valence-corrected chi connectivity index (χ1v) is 4.78. The molecule has 16 heavy (non-hydrogen) atoms. The highest BCUT2D eigenvalue weighted by atomic mass is 16.5. The van der Waals surface area contributed by atoms with Crippen molar-refractivity contribution in [1.82, 2.24) is 0 Å². The van der Waals surface area contributed by atoms with Crippen molar-refractivity contribution in [3.63, 3.8) is 0 Å². The summed E-state index contributed by atoms with van der Waals surface area (Å²) in [6, 6.07) is 5.30. The largest absolute Gasteiger partial charge is 0.467 e. The number of nitrogens with zero attached hydrogens (tertiary/aromatic N) is 1. The van der Waals surface area contributed by atoms with E-state index in [1.807, 2.05) is 6.07 Å². The Morgan fingerprint density at radius 3 is 2.56 bits per heavy atom. The predicted molar refractivity (Wildman–Crippen MR) is 57.6 cm³/mol. The van der Waals surface area contributed by atoms with E-state index in [-0.39, 0.29) is 0 Å². The van der Waals surface area contributed by atoms with Crippen molar-refractivity contribution in [2.24, 2.45) is 0 Å². The summed E-state index contributed by atoms with van der Waals surface area (Å²) in [7, 11) is 1.21. The average molecular weight is 219 g/mol. The number of benzene rings is 1. The van der Waals surface area contributed by atoms with Gasteiger partial charge in [-0.25, -0.2) is 4.79 Å². The quantitative estimate of drug-likeness (QED) is 0.763. The van der Waals surface area contributed by atoms with Crippen LogP contribution in [-0.2, 0) is 9.53 Å². The first kappa shape index (κ1) is 12.2. The Morgan fingerprint density at radius 2 is 2.06 bits per heavy atom. The Balaban J connectivity index is 3.25. The summed E-state index contributed by atoms with van der Waals surface area (Å²) >= 11 is 0. The van der Waals surface area contributed by atoms with E-state index in [4.69, 9.17) is 5.26 Å². The van der Waals surface area contributed by atoms with Gasteiger partial charge in [-0.3, -0.25) is 0 Å². The molecule has 1 N–H and O–H groups in total. The lowest BCUT2D eigenvalue weighted by molar-refractivity contribution is -0.150. The van der Waals surface area contributed by atoms with Gasteiger partial charge in [-0.15, -0.1) is 0 Å². The van der Waals surface area contributed by atoms with Crippen molar-refractivity contribution >= 4 is 5.97 Å². The van der Waals surface area contributed by atoms with Crippen LogP contribution in [0.25, 0.3) is 0 Å². The summed E-state index contributed by atoms with van der Waals surface area (Å²) in [6.45, 7) is 3.58. The third kappa shape index (κ3) is 2.20. The number of esters is 1. The highest BCUT2D eigenvalue weighted by Gasteiger charge is 2.20. The topological polar surface area (TPSA) is 70.3 Å². The van der Waals surface area contributed by atoms with Gasteiger partial charge in [0.05, 0.1) is 18.7 Å². The zero-order valence-electron chi connectivity index (χ0n) is 9.44. The van der Waals surface area contributed by atoms with Crippen molar-refractivity contribution in [2.45, 2.75) is 20.0 Å². The van der Waals surface area contributed by atoms with Crippen LogP contribution >= 0.6 is 0 Å². The van der Waals surface area contributed by atoms with Crippen LogP contribution in [0.2, 0.25) is 0 Å². The Hall–Kier alpha value is -1.86. The number of hydrogen-bond acceptors (Lipinski definition) is 4. The molecule has 0 saturated carbocycles. The number of methoxy groups -OCH3 is 1. The fourth-order valence-electron chi connectivity index (χ4n) is 1.52. The van der Waals surface area contributed by atoms with Crippen LogP contribution in [-0.4, -0.2) is 18.2 Å². The second-order valence-electron chi connectivity index (χ2n) is 3.56. The number of aliphatic hydroxyl groups is 1. The summed E-state index contributed by atoms with van der Waals surface area (Å²) in [4.78, 5) is 11.2. The molecule has 0 saturated heterocycles. The van der Waals surface area contributed by atoms with Crippen molar-refractivity contribution in [3.05, 3.63) is 34.4 Å². The van der Waals surface area contributed by atoms with Crippen LogP contribution in [0.1, 0.15) is 28.4 Å². The normalized spacial score (nSPS) is 11.7. The van der Waals surface area contributed by atoms with E-state index in [0.717, 1.165) is 11.1 Å². The molecule has 0 amide bonds. The lowest BCUT2D eigenvalue weighted by Crippen LogP contribution is -2.15. The van der Waals surface area contributed by atoms with Crippen LogP contribution in [0.3, 0.4) is 0 Å². The van der Waals surface area contributed by atoms with Gasteiger partial charge in [0, 0.05) is 0 Å². The summed E-state index contributed by atoms with van der Waals surface area (Å²) in [5, 5.41) is 18.6. The predicted octanol–water partition coefficient (Wildman–Crippen LogP) is 1.38. The number of carbonyl (C=O) groups excluding carboxylic acids is 1. The van der Waals surface area contributed by atoms with E-state index in [2.05, 4.69) is 4.74 Å². The Kier molecular flexibility index (Phi) is 3.64. The summed E-state index contributed by atoms with van der Waals surface area (Å²) in [6.07, 6.45) is -1.34. The molecule has 1 rings (SSSR count). The minimum atomic E-state index is -1.34. The molecule has 1 unspecified atom stereocenters. The molecule has 0 aliphatic rings. The van der Waals surface area contributed by atoms with Gasteiger partial charge in [0.15, 0.2) is 6.10 Å². The van der Waals surface area contributed by atoms with Crippen LogP contribution in [0.5, 0.6) is 0 Å². The number of nitriles is 1. The Labute approximate surface area is 94.1 Å². The molecule has 0 aromatic heterocycles. The molecule has 4 heteroatoms. The Bertz CT molecular complexity index is 460. The molecule has 0 fully saturated rings. The number of ether oxygens (including phenoxy) is 1. The average Bonchev–Trinajstić information content (AvgIpc) is 2.27. The smallest absolute Gasteiger partial charge is 0.339 e. The first-order chi connectivity index (χ1) is 7.51.